The fourth-order valence-corrected chi connectivity index (χ4v) is 6.01. The van der Waals surface area contributed by atoms with Crippen LogP contribution >= 0.6 is 11.3 Å². The summed E-state index contributed by atoms with van der Waals surface area (Å²) < 4.78 is 1.50. The smallest absolute Gasteiger partial charge is 0.322 e. The number of anilines is 1. The van der Waals surface area contributed by atoms with Gasteiger partial charge in [0.05, 0.1) is 28.0 Å². The summed E-state index contributed by atoms with van der Waals surface area (Å²) in [6.07, 6.45) is 8.00. The van der Waals surface area contributed by atoms with Gasteiger partial charge in [0, 0.05) is 50.6 Å². The molecule has 0 aliphatic carbocycles. The van der Waals surface area contributed by atoms with Crippen LogP contribution in [0, 0.1) is 28.6 Å². The average molecular weight is 643 g/mol. The van der Waals surface area contributed by atoms with E-state index in [1.165, 1.54) is 15.9 Å². The Bertz CT molecular complexity index is 1970. The van der Waals surface area contributed by atoms with Crippen LogP contribution in [-0.4, -0.2) is 32.1 Å². The van der Waals surface area contributed by atoms with E-state index in [9.17, 15) is 20.1 Å². The first-order chi connectivity index (χ1) is 22.9. The van der Waals surface area contributed by atoms with Gasteiger partial charge in [-0.25, -0.2) is 14.8 Å². The second-order valence-electron chi connectivity index (χ2n) is 11.1. The number of pyridine rings is 2. The lowest BCUT2D eigenvalue weighted by Crippen LogP contribution is -2.40. The van der Waals surface area contributed by atoms with Crippen molar-refractivity contribution in [2.75, 3.05) is 11.4 Å². The third kappa shape index (κ3) is 8.34. The zero-order valence-corrected chi connectivity index (χ0v) is 27.1. The van der Waals surface area contributed by atoms with Crippen molar-refractivity contribution in [2.45, 2.75) is 39.2 Å². The molecule has 0 aliphatic heterocycles. The molecular formula is C36H34N8O2S. The fraction of sp³-hybridized carbons (Fsp3) is 0.250. The minimum Gasteiger partial charge on any atom is -0.334 e. The van der Waals surface area contributed by atoms with Gasteiger partial charge in [0.2, 0.25) is 0 Å². The first kappa shape index (κ1) is 32.7. The van der Waals surface area contributed by atoms with Crippen LogP contribution in [0.1, 0.15) is 48.0 Å². The van der Waals surface area contributed by atoms with Gasteiger partial charge in [-0.15, -0.1) is 11.3 Å². The molecule has 5 aromatic rings. The van der Waals surface area contributed by atoms with E-state index in [0.717, 1.165) is 29.7 Å². The minimum absolute atomic E-state index is 0.122. The predicted molar refractivity (Wildman–Crippen MR) is 182 cm³/mol. The normalized spacial score (nSPS) is 11.3. The zero-order chi connectivity index (χ0) is 33.2. The Morgan fingerprint density at radius 1 is 1.04 bits per heavy atom. The van der Waals surface area contributed by atoms with Gasteiger partial charge in [-0.05, 0) is 54.7 Å². The molecule has 0 fully saturated rings. The van der Waals surface area contributed by atoms with Crippen LogP contribution in [0.3, 0.4) is 0 Å². The highest BCUT2D eigenvalue weighted by atomic mass is 32.1. The second kappa shape index (κ2) is 15.6. The van der Waals surface area contributed by atoms with Crippen molar-refractivity contribution in [3.63, 3.8) is 0 Å². The van der Waals surface area contributed by atoms with Crippen molar-refractivity contribution in [3.8, 4) is 34.0 Å². The molecular weight excluding hydrogens is 609 g/mol. The Labute approximate surface area is 277 Å². The van der Waals surface area contributed by atoms with Gasteiger partial charge >= 0.3 is 6.03 Å². The van der Waals surface area contributed by atoms with Gasteiger partial charge in [0.1, 0.15) is 28.5 Å². The summed E-state index contributed by atoms with van der Waals surface area (Å²) in [6.45, 7) is 2.98. The molecule has 0 unspecified atom stereocenters. The van der Waals surface area contributed by atoms with E-state index < -0.39 is 0 Å². The summed E-state index contributed by atoms with van der Waals surface area (Å²) in [4.78, 5) is 42.5. The monoisotopic (exact) mass is 642 g/mol. The Morgan fingerprint density at radius 3 is 2.55 bits per heavy atom. The Morgan fingerprint density at radius 2 is 1.87 bits per heavy atom. The number of carbonyl (C=O) groups is 1. The number of urea groups is 1. The van der Waals surface area contributed by atoms with Crippen molar-refractivity contribution in [2.24, 2.45) is 13.0 Å². The van der Waals surface area contributed by atoms with Gasteiger partial charge in [-0.1, -0.05) is 43.7 Å². The molecule has 4 heterocycles. The molecule has 0 saturated carbocycles. The van der Waals surface area contributed by atoms with E-state index in [4.69, 9.17) is 4.98 Å². The number of carbonyl (C=O) groups excluding carboxylic acids is 1. The third-order valence-electron chi connectivity index (χ3n) is 7.94. The largest absolute Gasteiger partial charge is 0.334 e. The van der Waals surface area contributed by atoms with Crippen LogP contribution in [-0.2, 0) is 20.0 Å². The van der Waals surface area contributed by atoms with Crippen LogP contribution in [0.25, 0.3) is 21.8 Å². The molecule has 2 amide bonds. The average Bonchev–Trinajstić information content (AvgIpc) is 3.60. The van der Waals surface area contributed by atoms with Crippen LogP contribution in [0.2, 0.25) is 0 Å². The van der Waals surface area contributed by atoms with Crippen LogP contribution < -0.4 is 15.8 Å². The summed E-state index contributed by atoms with van der Waals surface area (Å²) in [6, 6.07) is 24.4. The Balaban J connectivity index is 1.29. The quantitative estimate of drug-likeness (QED) is 0.164. The number of hydrogen-bond donors (Lipinski definition) is 1. The van der Waals surface area contributed by atoms with E-state index >= 15 is 0 Å². The lowest BCUT2D eigenvalue weighted by molar-refractivity contribution is 0.245. The molecule has 0 saturated heterocycles. The molecule has 1 aromatic carbocycles. The summed E-state index contributed by atoms with van der Waals surface area (Å²) in [5, 5.41) is 21.9. The first-order valence-corrected chi connectivity index (χ1v) is 16.2. The minimum atomic E-state index is -0.224. The highest BCUT2D eigenvalue weighted by molar-refractivity contribution is 7.16. The molecule has 11 heteroatoms. The Hall–Kier alpha value is -5.65. The number of thiophene rings is 1. The number of nitriles is 2. The summed E-state index contributed by atoms with van der Waals surface area (Å²) in [7, 11) is 1.70. The van der Waals surface area contributed by atoms with Gasteiger partial charge in [0.25, 0.3) is 5.56 Å². The van der Waals surface area contributed by atoms with Gasteiger partial charge < -0.3 is 9.88 Å². The molecule has 4 aromatic heterocycles. The standard InChI is InChI=1S/C36H34N8O2S/c1-3-25(18-33-40-23-28(20-37)35(42-33)32-14-12-30(21-38)47-32)10-7-16-44(36(46)41-22-26-8-5-4-6-9-26)29-11-13-31(39-24-29)27-15-17-43(2)34(45)19-27/h4-6,8-9,11-15,17,19,23-25H,3,7,10,16,18,22H2,1-2H3,(H,41,46)/t25-/m0/s1. The molecule has 0 aliphatic rings. The van der Waals surface area contributed by atoms with E-state index in [0.29, 0.717) is 58.4 Å². The van der Waals surface area contributed by atoms with Gasteiger partial charge in [0.15, 0.2) is 0 Å². The van der Waals surface area contributed by atoms with Crippen LogP contribution in [0.15, 0.2) is 90.1 Å². The number of nitrogens with zero attached hydrogens (tertiary/aromatic N) is 7. The molecule has 1 atom stereocenters. The topological polar surface area (TPSA) is 141 Å². The molecule has 5 rings (SSSR count). The van der Waals surface area contributed by atoms with Gasteiger partial charge in [-0.3, -0.25) is 14.7 Å². The molecule has 1 N–H and O–H groups in total. The SMILES string of the molecule is CC[C@@H](CCCN(C(=O)NCc1ccccc1)c1ccc(-c2ccn(C)c(=O)c2)nc1)Cc1ncc(C#N)c(-c2ccc(C#N)s2)n1. The van der Waals surface area contributed by atoms with Gasteiger partial charge in [-0.2, -0.15) is 10.5 Å². The molecule has 0 spiro atoms. The van der Waals surface area contributed by atoms with Crippen molar-refractivity contribution in [3.05, 3.63) is 118 Å². The van der Waals surface area contributed by atoms with Crippen molar-refractivity contribution >= 4 is 23.1 Å². The fourth-order valence-electron chi connectivity index (χ4n) is 5.20. The molecule has 10 nitrogen and oxygen atoms in total. The van der Waals surface area contributed by atoms with Crippen LogP contribution in [0.5, 0.6) is 0 Å². The Kier molecular flexibility index (Phi) is 10.8. The number of hydrogen-bond acceptors (Lipinski definition) is 8. The molecule has 0 radical (unpaired) electrons. The summed E-state index contributed by atoms with van der Waals surface area (Å²) in [5.74, 6) is 0.898. The number of aromatic nitrogens is 4. The number of nitrogens with one attached hydrogen (secondary N) is 1. The number of benzene rings is 1. The van der Waals surface area contributed by atoms with Crippen molar-refractivity contribution < 1.29 is 4.79 Å². The van der Waals surface area contributed by atoms with E-state index in [1.54, 1.807) is 42.7 Å². The van der Waals surface area contributed by atoms with Crippen LogP contribution in [0.4, 0.5) is 10.5 Å². The molecule has 47 heavy (non-hydrogen) atoms. The lowest BCUT2D eigenvalue weighted by atomic mass is 9.96. The van der Waals surface area contributed by atoms with Crippen molar-refractivity contribution in [1.82, 2.24) is 24.8 Å². The van der Waals surface area contributed by atoms with E-state index in [1.807, 2.05) is 54.6 Å². The number of rotatable bonds is 12. The molecule has 236 valence electrons. The number of aryl methyl sites for hydroxylation is 1. The highest BCUT2D eigenvalue weighted by Gasteiger charge is 2.19. The summed E-state index contributed by atoms with van der Waals surface area (Å²) >= 11 is 1.30. The number of amides is 2. The van der Waals surface area contributed by atoms with E-state index in [-0.39, 0.29) is 17.5 Å². The third-order valence-corrected chi connectivity index (χ3v) is 8.94. The zero-order valence-electron chi connectivity index (χ0n) is 26.3. The van der Waals surface area contributed by atoms with Crippen molar-refractivity contribution in [1.29, 1.82) is 10.5 Å². The summed E-state index contributed by atoms with van der Waals surface area (Å²) in [5.41, 5.74) is 3.82. The lowest BCUT2D eigenvalue weighted by Gasteiger charge is -2.24. The highest BCUT2D eigenvalue weighted by Crippen LogP contribution is 2.29. The molecule has 0 bridgehead atoms. The maximum atomic E-state index is 13.5. The van der Waals surface area contributed by atoms with E-state index in [2.05, 4.69) is 34.3 Å². The maximum absolute atomic E-state index is 13.5. The second-order valence-corrected chi connectivity index (χ2v) is 12.2. The predicted octanol–water partition coefficient (Wildman–Crippen LogP) is 6.47. The maximum Gasteiger partial charge on any atom is 0.322 e. The first-order valence-electron chi connectivity index (χ1n) is 15.4.